The molecule has 0 amide bonds. The number of hydrogen-bond donors (Lipinski definition) is 1. The molecule has 0 spiro atoms. The Morgan fingerprint density at radius 2 is 1.58 bits per heavy atom. The second kappa shape index (κ2) is 5.34. The van der Waals surface area contributed by atoms with Gasteiger partial charge in [0.05, 0.1) is 19.9 Å². The standard InChI is InChI=1S/C11H11FN4O3/c1-17-9-14-10(18-2)16-11(15-9)19-6-3-4-8(13)7(12)5-6/h3-5H,13H2,1-2H3. The lowest BCUT2D eigenvalue weighted by Crippen LogP contribution is -2.01. The lowest BCUT2D eigenvalue weighted by atomic mass is 10.3. The van der Waals surface area contributed by atoms with Crippen molar-refractivity contribution in [3.63, 3.8) is 0 Å². The molecule has 2 rings (SSSR count). The summed E-state index contributed by atoms with van der Waals surface area (Å²) in [6, 6.07) is 3.96. The molecular formula is C11H11FN4O3. The van der Waals surface area contributed by atoms with E-state index < -0.39 is 5.82 Å². The first kappa shape index (κ1) is 12.8. The number of benzene rings is 1. The first-order valence-electron chi connectivity index (χ1n) is 5.19. The number of rotatable bonds is 4. The van der Waals surface area contributed by atoms with Crippen molar-refractivity contribution in [1.29, 1.82) is 0 Å². The van der Waals surface area contributed by atoms with Crippen LogP contribution in [0.4, 0.5) is 10.1 Å². The van der Waals surface area contributed by atoms with Gasteiger partial charge in [0.15, 0.2) is 0 Å². The lowest BCUT2D eigenvalue weighted by molar-refractivity contribution is 0.320. The van der Waals surface area contributed by atoms with Crippen LogP contribution in [0, 0.1) is 5.82 Å². The first-order chi connectivity index (χ1) is 9.12. The van der Waals surface area contributed by atoms with Crippen molar-refractivity contribution in [2.45, 2.75) is 0 Å². The van der Waals surface area contributed by atoms with E-state index >= 15 is 0 Å². The molecule has 0 atom stereocenters. The molecule has 8 heteroatoms. The van der Waals surface area contributed by atoms with E-state index in [0.29, 0.717) is 0 Å². The Morgan fingerprint density at radius 3 is 2.11 bits per heavy atom. The van der Waals surface area contributed by atoms with Gasteiger partial charge in [0, 0.05) is 6.07 Å². The molecule has 0 bridgehead atoms. The van der Waals surface area contributed by atoms with Crippen LogP contribution in [0.3, 0.4) is 0 Å². The summed E-state index contributed by atoms with van der Waals surface area (Å²) in [6.45, 7) is 0. The van der Waals surface area contributed by atoms with Gasteiger partial charge in [-0.1, -0.05) is 0 Å². The topological polar surface area (TPSA) is 92.4 Å². The third kappa shape index (κ3) is 2.97. The van der Waals surface area contributed by atoms with Gasteiger partial charge in [-0.05, 0) is 12.1 Å². The minimum atomic E-state index is -0.592. The van der Waals surface area contributed by atoms with E-state index in [0.717, 1.165) is 6.07 Å². The molecule has 0 saturated heterocycles. The van der Waals surface area contributed by atoms with E-state index in [4.69, 9.17) is 19.9 Å². The minimum Gasteiger partial charge on any atom is -0.467 e. The number of anilines is 1. The van der Waals surface area contributed by atoms with Crippen LogP contribution in [0.15, 0.2) is 18.2 Å². The van der Waals surface area contributed by atoms with Crippen molar-refractivity contribution in [2.24, 2.45) is 0 Å². The molecule has 0 aliphatic carbocycles. The number of nitrogens with zero attached hydrogens (tertiary/aromatic N) is 3. The van der Waals surface area contributed by atoms with Gasteiger partial charge in [-0.15, -0.1) is 15.0 Å². The zero-order valence-electron chi connectivity index (χ0n) is 10.3. The largest absolute Gasteiger partial charge is 0.467 e. The van der Waals surface area contributed by atoms with Gasteiger partial charge in [0.1, 0.15) is 11.6 Å². The van der Waals surface area contributed by atoms with E-state index in [9.17, 15) is 4.39 Å². The molecule has 2 aromatic rings. The highest BCUT2D eigenvalue weighted by Gasteiger charge is 2.10. The number of methoxy groups -OCH3 is 2. The first-order valence-corrected chi connectivity index (χ1v) is 5.19. The second-order valence-corrected chi connectivity index (χ2v) is 3.38. The molecule has 19 heavy (non-hydrogen) atoms. The van der Waals surface area contributed by atoms with Crippen LogP contribution in [0.25, 0.3) is 0 Å². The molecule has 0 radical (unpaired) electrons. The van der Waals surface area contributed by atoms with Gasteiger partial charge in [0.25, 0.3) is 0 Å². The van der Waals surface area contributed by atoms with Crippen molar-refractivity contribution < 1.29 is 18.6 Å². The Kier molecular flexibility index (Phi) is 3.60. The highest BCUT2D eigenvalue weighted by atomic mass is 19.1. The smallest absolute Gasteiger partial charge is 0.331 e. The molecule has 0 unspecified atom stereocenters. The average molecular weight is 266 g/mol. The fourth-order valence-corrected chi connectivity index (χ4v) is 1.23. The Bertz CT molecular complexity index is 572. The van der Waals surface area contributed by atoms with Crippen LogP contribution in [0.1, 0.15) is 0 Å². The van der Waals surface area contributed by atoms with Gasteiger partial charge in [-0.3, -0.25) is 0 Å². The van der Waals surface area contributed by atoms with Gasteiger partial charge in [-0.2, -0.15) is 0 Å². The van der Waals surface area contributed by atoms with E-state index in [2.05, 4.69) is 15.0 Å². The van der Waals surface area contributed by atoms with Crippen LogP contribution in [0.5, 0.6) is 23.8 Å². The molecule has 0 saturated carbocycles. The van der Waals surface area contributed by atoms with E-state index in [1.807, 2.05) is 0 Å². The zero-order chi connectivity index (χ0) is 13.8. The number of ether oxygens (including phenoxy) is 3. The molecule has 100 valence electrons. The van der Waals surface area contributed by atoms with E-state index in [-0.39, 0.29) is 29.5 Å². The van der Waals surface area contributed by atoms with Gasteiger partial charge < -0.3 is 19.9 Å². The van der Waals surface area contributed by atoms with Crippen molar-refractivity contribution >= 4 is 5.69 Å². The van der Waals surface area contributed by atoms with Crippen LogP contribution < -0.4 is 19.9 Å². The van der Waals surface area contributed by atoms with Crippen LogP contribution in [-0.4, -0.2) is 29.2 Å². The zero-order valence-corrected chi connectivity index (χ0v) is 10.3. The molecule has 0 aliphatic heterocycles. The monoisotopic (exact) mass is 266 g/mol. The Morgan fingerprint density at radius 1 is 1.00 bits per heavy atom. The highest BCUT2D eigenvalue weighted by Crippen LogP contribution is 2.23. The summed E-state index contributed by atoms with van der Waals surface area (Å²) in [4.78, 5) is 11.5. The fraction of sp³-hybridized carbons (Fsp3) is 0.182. The molecule has 1 aromatic carbocycles. The minimum absolute atomic E-state index is 0.0257. The van der Waals surface area contributed by atoms with Crippen LogP contribution in [0.2, 0.25) is 0 Å². The van der Waals surface area contributed by atoms with Crippen molar-refractivity contribution in [1.82, 2.24) is 15.0 Å². The molecule has 2 N–H and O–H groups in total. The summed E-state index contributed by atoms with van der Waals surface area (Å²) in [7, 11) is 2.78. The summed E-state index contributed by atoms with van der Waals surface area (Å²) < 4.78 is 28.3. The van der Waals surface area contributed by atoms with Gasteiger partial charge in [-0.25, -0.2) is 4.39 Å². The van der Waals surface area contributed by atoms with Crippen molar-refractivity contribution in [3.05, 3.63) is 24.0 Å². The molecule has 0 fully saturated rings. The van der Waals surface area contributed by atoms with Crippen LogP contribution in [-0.2, 0) is 0 Å². The maximum absolute atomic E-state index is 13.3. The normalized spacial score (nSPS) is 10.1. The van der Waals surface area contributed by atoms with Crippen molar-refractivity contribution in [2.75, 3.05) is 20.0 Å². The van der Waals surface area contributed by atoms with Gasteiger partial charge >= 0.3 is 18.0 Å². The number of nitrogens with two attached hydrogens (primary N) is 1. The van der Waals surface area contributed by atoms with Crippen molar-refractivity contribution in [3.8, 4) is 23.8 Å². The molecule has 1 aromatic heterocycles. The maximum Gasteiger partial charge on any atom is 0.331 e. The number of hydrogen-bond acceptors (Lipinski definition) is 7. The summed E-state index contributed by atoms with van der Waals surface area (Å²) in [5, 5.41) is 0. The predicted octanol–water partition coefficient (Wildman–Crippen LogP) is 1.40. The quantitative estimate of drug-likeness (QED) is 0.836. The number of aromatic nitrogens is 3. The Balaban J connectivity index is 2.29. The number of halogens is 1. The lowest BCUT2D eigenvalue weighted by Gasteiger charge is -2.07. The van der Waals surface area contributed by atoms with Crippen LogP contribution >= 0.6 is 0 Å². The maximum atomic E-state index is 13.3. The predicted molar refractivity (Wildman–Crippen MR) is 63.8 cm³/mol. The third-order valence-electron chi connectivity index (χ3n) is 2.12. The fourth-order valence-electron chi connectivity index (χ4n) is 1.23. The number of nitrogen functional groups attached to an aromatic ring is 1. The molecular weight excluding hydrogens is 255 g/mol. The van der Waals surface area contributed by atoms with E-state index in [1.165, 1.54) is 26.4 Å². The molecule has 0 aliphatic rings. The second-order valence-electron chi connectivity index (χ2n) is 3.38. The summed E-state index contributed by atoms with van der Waals surface area (Å²) in [5.41, 5.74) is 5.39. The Labute approximate surface area is 108 Å². The Hall–Kier alpha value is -2.64. The summed E-state index contributed by atoms with van der Waals surface area (Å²) in [5.74, 6) is -0.396. The average Bonchev–Trinajstić information content (AvgIpc) is 2.42. The summed E-state index contributed by atoms with van der Waals surface area (Å²) in [6.07, 6.45) is 0. The highest BCUT2D eigenvalue weighted by molar-refractivity contribution is 5.44. The van der Waals surface area contributed by atoms with Gasteiger partial charge in [0.2, 0.25) is 0 Å². The molecule has 7 nitrogen and oxygen atoms in total. The van der Waals surface area contributed by atoms with E-state index in [1.54, 1.807) is 0 Å². The third-order valence-corrected chi connectivity index (χ3v) is 2.12. The molecule has 1 heterocycles. The SMILES string of the molecule is COc1nc(OC)nc(Oc2ccc(N)c(F)c2)n1. The summed E-state index contributed by atoms with van der Waals surface area (Å²) >= 11 is 0.